The number of hydrogen-bond acceptors (Lipinski definition) is 9. The van der Waals surface area contributed by atoms with E-state index >= 15 is 0 Å². The second-order valence-corrected chi connectivity index (χ2v) is 10.3. The van der Waals surface area contributed by atoms with Gasteiger partial charge in [-0.3, -0.25) is 5.32 Å². The Morgan fingerprint density at radius 2 is 2.17 bits per heavy atom. The largest absolute Gasteiger partial charge is 0.414 e. The highest BCUT2D eigenvalue weighted by Gasteiger charge is 2.48. The fraction of sp³-hybridized carbons (Fsp3) is 0.591. The zero-order valence-corrected chi connectivity index (χ0v) is 21.1. The topological polar surface area (TPSA) is 125 Å². The minimum atomic E-state index is -3.11. The van der Waals surface area contributed by atoms with E-state index in [1.807, 2.05) is 13.8 Å². The summed E-state index contributed by atoms with van der Waals surface area (Å²) >= 11 is 1.26. The predicted octanol–water partition coefficient (Wildman–Crippen LogP) is 2.71. The Kier molecular flexibility index (Phi) is 7.83. The molecule has 11 nitrogen and oxygen atoms in total. The predicted molar refractivity (Wildman–Crippen MR) is 131 cm³/mol. The molecule has 0 bridgehead atoms. The number of anilines is 2. The Morgan fingerprint density at radius 3 is 2.89 bits per heavy atom. The van der Waals surface area contributed by atoms with Gasteiger partial charge < -0.3 is 25.2 Å². The number of hydrogen-bond donors (Lipinski definition) is 3. The number of urea groups is 1. The molecule has 0 aromatic carbocycles. The molecule has 4 heterocycles. The van der Waals surface area contributed by atoms with E-state index in [2.05, 4.69) is 30.9 Å². The highest BCUT2D eigenvalue weighted by Crippen LogP contribution is 2.33. The summed E-state index contributed by atoms with van der Waals surface area (Å²) in [4.78, 5) is 40.9. The van der Waals surface area contributed by atoms with Gasteiger partial charge in [-0.15, -0.1) is 11.3 Å². The van der Waals surface area contributed by atoms with Crippen LogP contribution in [0.25, 0.3) is 0 Å². The molecule has 4 rings (SSSR count). The molecule has 196 valence electrons. The minimum Gasteiger partial charge on any atom is -0.391 e. The van der Waals surface area contributed by atoms with Crippen LogP contribution in [0.3, 0.4) is 0 Å². The van der Waals surface area contributed by atoms with Gasteiger partial charge in [0.15, 0.2) is 5.13 Å². The molecule has 0 unspecified atom stereocenters. The molecule has 2 saturated heterocycles. The normalized spacial score (nSPS) is 23.6. The first-order valence-corrected chi connectivity index (χ1v) is 12.5. The summed E-state index contributed by atoms with van der Waals surface area (Å²) in [6, 6.07) is -0.691. The van der Waals surface area contributed by atoms with Gasteiger partial charge in [0.2, 0.25) is 11.8 Å². The number of rotatable bonds is 5. The van der Waals surface area contributed by atoms with E-state index in [1.54, 1.807) is 11.1 Å². The van der Waals surface area contributed by atoms with Gasteiger partial charge in [0, 0.05) is 55.9 Å². The average Bonchev–Trinajstić information content (AvgIpc) is 3.24. The number of thiazole rings is 1. The van der Waals surface area contributed by atoms with Crippen LogP contribution in [0, 0.1) is 12.8 Å². The van der Waals surface area contributed by atoms with E-state index < -0.39 is 30.5 Å². The summed E-state index contributed by atoms with van der Waals surface area (Å²) in [7, 11) is 1.32. The minimum absolute atomic E-state index is 0.0122. The van der Waals surface area contributed by atoms with Gasteiger partial charge in [-0.25, -0.2) is 28.3 Å². The highest BCUT2D eigenvalue weighted by molar-refractivity contribution is 7.15. The Hall–Kier alpha value is -3.13. The van der Waals surface area contributed by atoms with E-state index in [1.165, 1.54) is 30.6 Å². The molecular weight excluding hydrogens is 494 g/mol. The number of carbonyl (C=O) groups is 2. The number of halogens is 2. The number of nitrogens with zero attached hydrogens (tertiary/aromatic N) is 5. The van der Waals surface area contributed by atoms with Gasteiger partial charge in [0.1, 0.15) is 6.04 Å². The summed E-state index contributed by atoms with van der Waals surface area (Å²) in [6.45, 7) is 5.27. The summed E-state index contributed by atoms with van der Waals surface area (Å²) in [6.07, 6.45) is 2.67. The molecule has 2 fully saturated rings. The number of nitrogens with one attached hydrogen (secondary N) is 3. The Balaban J connectivity index is 1.40. The van der Waals surface area contributed by atoms with E-state index in [9.17, 15) is 18.4 Å². The van der Waals surface area contributed by atoms with Crippen molar-refractivity contribution in [2.24, 2.45) is 5.92 Å². The molecule has 3 amide bonds. The van der Waals surface area contributed by atoms with Gasteiger partial charge in [-0.1, -0.05) is 6.92 Å². The number of aryl methyl sites for hydroxylation is 1. The Bertz CT molecular complexity index is 1090. The molecule has 36 heavy (non-hydrogen) atoms. The van der Waals surface area contributed by atoms with Crippen LogP contribution in [0.4, 0.5) is 29.4 Å². The van der Waals surface area contributed by atoms with E-state index in [0.717, 1.165) is 29.3 Å². The summed E-state index contributed by atoms with van der Waals surface area (Å²) < 4.78 is 35.0. The van der Waals surface area contributed by atoms with Gasteiger partial charge in [0.25, 0.3) is 5.92 Å². The monoisotopic (exact) mass is 524 g/mol. The lowest BCUT2D eigenvalue weighted by atomic mass is 9.96. The van der Waals surface area contributed by atoms with E-state index in [-0.39, 0.29) is 36.9 Å². The number of amides is 3. The van der Waals surface area contributed by atoms with Crippen molar-refractivity contribution in [1.29, 1.82) is 0 Å². The Morgan fingerprint density at radius 1 is 1.36 bits per heavy atom. The maximum Gasteiger partial charge on any atom is 0.414 e. The van der Waals surface area contributed by atoms with Crippen molar-refractivity contribution in [3.8, 4) is 5.88 Å². The van der Waals surface area contributed by atoms with Crippen molar-refractivity contribution in [2.45, 2.75) is 44.7 Å². The zero-order chi connectivity index (χ0) is 25.9. The summed E-state index contributed by atoms with van der Waals surface area (Å²) in [5, 5.41) is 9.02. The van der Waals surface area contributed by atoms with Crippen LogP contribution >= 0.6 is 11.3 Å². The number of ether oxygens (including phenoxy) is 1. The smallest absolute Gasteiger partial charge is 0.391 e. The molecule has 2 aromatic heterocycles. The van der Waals surface area contributed by atoms with E-state index in [0.29, 0.717) is 5.13 Å². The van der Waals surface area contributed by atoms with Crippen LogP contribution in [-0.2, 0) is 0 Å². The third-order valence-electron chi connectivity index (χ3n) is 6.40. The molecule has 2 aliphatic heterocycles. The fourth-order valence-electron chi connectivity index (χ4n) is 4.25. The Labute approximate surface area is 211 Å². The van der Waals surface area contributed by atoms with Crippen LogP contribution < -0.4 is 25.6 Å². The first-order valence-electron chi connectivity index (χ1n) is 11.7. The number of likely N-dealkylation sites (N-methyl/N-ethyl adjacent to an activating group) is 1. The highest BCUT2D eigenvalue weighted by atomic mass is 32.1. The van der Waals surface area contributed by atoms with Gasteiger partial charge in [0.05, 0.1) is 0 Å². The van der Waals surface area contributed by atoms with Crippen molar-refractivity contribution in [1.82, 2.24) is 30.5 Å². The summed E-state index contributed by atoms with van der Waals surface area (Å²) in [5.74, 6) is -2.70. The van der Waals surface area contributed by atoms with Crippen molar-refractivity contribution in [2.75, 3.05) is 43.4 Å². The number of alkyl halides is 2. The van der Waals surface area contributed by atoms with Gasteiger partial charge in [-0.05, 0) is 32.4 Å². The van der Waals surface area contributed by atoms with Crippen LogP contribution in [0.2, 0.25) is 0 Å². The first kappa shape index (κ1) is 25.9. The lowest BCUT2D eigenvalue weighted by Crippen LogP contribution is -2.60. The van der Waals surface area contributed by atoms with E-state index in [4.69, 9.17) is 4.74 Å². The molecule has 0 saturated carbocycles. The zero-order valence-electron chi connectivity index (χ0n) is 20.3. The number of piperidine rings is 2. The molecule has 14 heteroatoms. The van der Waals surface area contributed by atoms with Gasteiger partial charge >= 0.3 is 12.1 Å². The van der Waals surface area contributed by atoms with Crippen LogP contribution in [0.5, 0.6) is 5.88 Å². The number of aromatic nitrogens is 3. The SMILES string of the molecule is Cc1cnc(NC(=O)N(C)[C@H]2CN(c3nccc(OC(=O)N[C@@H]4CCNC[C@H]4C)n3)CCC2(F)F)s1. The second kappa shape index (κ2) is 10.9. The van der Waals surface area contributed by atoms with Gasteiger partial charge in [-0.2, -0.15) is 4.98 Å². The summed E-state index contributed by atoms with van der Waals surface area (Å²) in [5.41, 5.74) is 0. The lowest BCUT2D eigenvalue weighted by Gasteiger charge is -2.42. The van der Waals surface area contributed by atoms with Crippen molar-refractivity contribution in [3.63, 3.8) is 0 Å². The molecule has 2 aromatic rings. The molecular formula is C22H30F2N8O3S. The molecule has 0 spiro atoms. The lowest BCUT2D eigenvalue weighted by molar-refractivity contribution is -0.0760. The standard InChI is InChI=1S/C22H30F2N8O3S/c1-13-10-25-7-4-15(13)28-21(34)35-17-5-8-26-18(29-17)32-9-6-22(23,24)16(12-32)31(3)20(33)30-19-27-11-14(2)36-19/h5,8,11,13,15-16,25H,4,6-7,9-10,12H2,1-3H3,(H,28,34)(H,27,30,33)/t13-,15-,16+/m1/s1. The molecule has 0 aliphatic carbocycles. The van der Waals surface area contributed by atoms with Crippen molar-refractivity contribution >= 4 is 34.5 Å². The second-order valence-electron chi connectivity index (χ2n) is 9.10. The van der Waals surface area contributed by atoms with Crippen LogP contribution in [0.1, 0.15) is 24.6 Å². The maximum absolute atomic E-state index is 14.8. The van der Waals surface area contributed by atoms with Crippen molar-refractivity contribution < 1.29 is 23.1 Å². The van der Waals surface area contributed by atoms with Crippen LogP contribution in [0.15, 0.2) is 18.5 Å². The molecule has 3 N–H and O–H groups in total. The maximum atomic E-state index is 14.8. The van der Waals surface area contributed by atoms with Crippen molar-refractivity contribution in [3.05, 3.63) is 23.3 Å². The molecule has 2 aliphatic rings. The number of carbonyl (C=O) groups excluding carboxylic acids is 2. The molecule has 3 atom stereocenters. The fourth-order valence-corrected chi connectivity index (χ4v) is 4.91. The third kappa shape index (κ3) is 6.16. The third-order valence-corrected chi connectivity index (χ3v) is 7.23. The average molecular weight is 525 g/mol. The van der Waals surface area contributed by atoms with Crippen LogP contribution in [-0.4, -0.2) is 83.2 Å². The quantitative estimate of drug-likeness (QED) is 0.546. The molecule has 0 radical (unpaired) electrons. The first-order chi connectivity index (χ1) is 17.1.